The molecular weight excluding hydrogens is 214 g/mol. The monoisotopic (exact) mass is 227 g/mol. The fourth-order valence-electron chi connectivity index (χ4n) is 1.25. The average molecular weight is 227 g/mol. The van der Waals surface area contributed by atoms with Crippen molar-refractivity contribution < 1.29 is 13.2 Å². The highest BCUT2D eigenvalue weighted by atomic mass is 32.2. The number of rotatable bonds is 4. The average Bonchev–Trinajstić information content (AvgIpc) is 2.15. The zero-order valence-corrected chi connectivity index (χ0v) is 9.41. The molecule has 0 radical (unpaired) electrons. The van der Waals surface area contributed by atoms with E-state index in [4.69, 9.17) is 0 Å². The molecule has 1 atom stereocenters. The first-order chi connectivity index (χ1) is 6.92. The predicted octanol–water partition coefficient (Wildman–Crippen LogP) is 1.11. The van der Waals surface area contributed by atoms with Gasteiger partial charge in [-0.3, -0.25) is 4.79 Å². The minimum Gasteiger partial charge on any atom is -0.298 e. The first-order valence-electron chi connectivity index (χ1n) is 4.45. The summed E-state index contributed by atoms with van der Waals surface area (Å²) < 4.78 is 24.4. The number of benzene rings is 1. The summed E-state index contributed by atoms with van der Waals surface area (Å²) >= 11 is 0. The van der Waals surface area contributed by atoms with Crippen molar-refractivity contribution in [1.82, 2.24) is 4.72 Å². The van der Waals surface area contributed by atoms with Crippen LogP contribution in [0.1, 0.15) is 28.9 Å². The SMILES string of the molecule is C[C@@H](NS(C)(=O)=O)c1ccc(C=O)cc1. The lowest BCUT2D eigenvalue weighted by molar-refractivity contribution is 0.112. The van der Waals surface area contributed by atoms with Gasteiger partial charge in [0.05, 0.1) is 6.26 Å². The van der Waals surface area contributed by atoms with E-state index in [1.54, 1.807) is 31.2 Å². The Hall–Kier alpha value is -1.20. The van der Waals surface area contributed by atoms with Crippen LogP contribution in [0.3, 0.4) is 0 Å². The maximum absolute atomic E-state index is 11.0. The molecule has 0 amide bonds. The zero-order valence-electron chi connectivity index (χ0n) is 8.60. The lowest BCUT2D eigenvalue weighted by Crippen LogP contribution is -2.25. The molecule has 0 saturated heterocycles. The smallest absolute Gasteiger partial charge is 0.209 e. The number of hydrogen-bond donors (Lipinski definition) is 1. The molecule has 1 rings (SSSR count). The van der Waals surface area contributed by atoms with Crippen molar-refractivity contribution in [2.24, 2.45) is 0 Å². The van der Waals surface area contributed by atoms with Crippen LogP contribution in [0.4, 0.5) is 0 Å². The molecule has 0 heterocycles. The van der Waals surface area contributed by atoms with Crippen LogP contribution in [0.25, 0.3) is 0 Å². The van der Waals surface area contributed by atoms with Crippen LogP contribution in [-0.2, 0) is 10.0 Å². The second kappa shape index (κ2) is 4.55. The Bertz CT molecular complexity index is 436. The van der Waals surface area contributed by atoms with Gasteiger partial charge in [-0.25, -0.2) is 13.1 Å². The number of carbonyl (C=O) groups is 1. The van der Waals surface area contributed by atoms with Gasteiger partial charge in [0.1, 0.15) is 6.29 Å². The molecule has 1 aromatic rings. The third kappa shape index (κ3) is 3.81. The second-order valence-corrected chi connectivity index (χ2v) is 5.18. The van der Waals surface area contributed by atoms with E-state index in [1.807, 2.05) is 0 Å². The minimum absolute atomic E-state index is 0.291. The van der Waals surface area contributed by atoms with E-state index in [-0.39, 0.29) is 6.04 Å². The fourth-order valence-corrected chi connectivity index (χ4v) is 2.03. The maximum Gasteiger partial charge on any atom is 0.209 e. The minimum atomic E-state index is -3.21. The number of sulfonamides is 1. The topological polar surface area (TPSA) is 63.2 Å². The highest BCUT2D eigenvalue weighted by Crippen LogP contribution is 2.13. The molecule has 4 nitrogen and oxygen atoms in total. The van der Waals surface area contributed by atoms with Gasteiger partial charge in [-0.15, -0.1) is 0 Å². The van der Waals surface area contributed by atoms with E-state index in [1.165, 1.54) is 0 Å². The van der Waals surface area contributed by atoms with E-state index in [0.717, 1.165) is 18.1 Å². The van der Waals surface area contributed by atoms with Gasteiger partial charge in [0.2, 0.25) is 10.0 Å². The van der Waals surface area contributed by atoms with Gasteiger partial charge in [-0.05, 0) is 12.5 Å². The summed E-state index contributed by atoms with van der Waals surface area (Å²) in [7, 11) is -3.21. The summed E-state index contributed by atoms with van der Waals surface area (Å²) in [4.78, 5) is 10.4. The molecule has 5 heteroatoms. The lowest BCUT2D eigenvalue weighted by atomic mass is 10.1. The number of carbonyl (C=O) groups excluding carboxylic acids is 1. The molecule has 0 fully saturated rings. The van der Waals surface area contributed by atoms with Crippen LogP contribution in [0, 0.1) is 0 Å². The van der Waals surface area contributed by atoms with Gasteiger partial charge in [-0.2, -0.15) is 0 Å². The van der Waals surface area contributed by atoms with Crippen molar-refractivity contribution in [3.63, 3.8) is 0 Å². The molecule has 1 N–H and O–H groups in total. The molecule has 0 saturated carbocycles. The summed E-state index contributed by atoms with van der Waals surface area (Å²) in [6.45, 7) is 1.75. The Morgan fingerprint density at radius 3 is 2.20 bits per heavy atom. The van der Waals surface area contributed by atoms with Gasteiger partial charge in [0.25, 0.3) is 0 Å². The molecule has 0 spiro atoms. The summed E-state index contributed by atoms with van der Waals surface area (Å²) in [5, 5.41) is 0. The zero-order chi connectivity index (χ0) is 11.5. The molecule has 0 aromatic heterocycles. The third-order valence-corrected chi connectivity index (χ3v) is 2.75. The Morgan fingerprint density at radius 1 is 1.27 bits per heavy atom. The van der Waals surface area contributed by atoms with Crippen LogP contribution in [0.5, 0.6) is 0 Å². The Kier molecular flexibility index (Phi) is 3.60. The summed E-state index contributed by atoms with van der Waals surface area (Å²) in [5.74, 6) is 0. The molecule has 0 aliphatic carbocycles. The van der Waals surface area contributed by atoms with Crippen molar-refractivity contribution >= 4 is 16.3 Å². The Labute approximate surface area is 89.4 Å². The summed E-state index contributed by atoms with van der Waals surface area (Å²) in [6.07, 6.45) is 1.86. The van der Waals surface area contributed by atoms with E-state index in [0.29, 0.717) is 5.56 Å². The first kappa shape index (κ1) is 11.9. The van der Waals surface area contributed by atoms with Gasteiger partial charge >= 0.3 is 0 Å². The van der Waals surface area contributed by atoms with Gasteiger partial charge in [-0.1, -0.05) is 24.3 Å². The van der Waals surface area contributed by atoms with Crippen LogP contribution in [0.15, 0.2) is 24.3 Å². The molecular formula is C10H13NO3S. The van der Waals surface area contributed by atoms with Gasteiger partial charge < -0.3 is 0 Å². The Morgan fingerprint density at radius 2 is 1.80 bits per heavy atom. The fraction of sp³-hybridized carbons (Fsp3) is 0.300. The standard InChI is InChI=1S/C10H13NO3S/c1-8(11-15(2,13)14)10-5-3-9(7-12)4-6-10/h3-8,11H,1-2H3/t8-/m1/s1. The quantitative estimate of drug-likeness (QED) is 0.784. The number of nitrogens with one attached hydrogen (secondary N) is 1. The molecule has 1 aromatic carbocycles. The maximum atomic E-state index is 11.0. The van der Waals surface area contributed by atoms with Crippen molar-refractivity contribution in [3.05, 3.63) is 35.4 Å². The van der Waals surface area contributed by atoms with E-state index in [9.17, 15) is 13.2 Å². The molecule has 0 bridgehead atoms. The van der Waals surface area contributed by atoms with Crippen molar-refractivity contribution in [2.45, 2.75) is 13.0 Å². The van der Waals surface area contributed by atoms with E-state index < -0.39 is 10.0 Å². The van der Waals surface area contributed by atoms with Crippen LogP contribution in [0.2, 0.25) is 0 Å². The number of hydrogen-bond acceptors (Lipinski definition) is 3. The van der Waals surface area contributed by atoms with Crippen molar-refractivity contribution in [3.8, 4) is 0 Å². The van der Waals surface area contributed by atoms with Crippen LogP contribution < -0.4 is 4.72 Å². The molecule has 0 aliphatic heterocycles. The number of aldehydes is 1. The highest BCUT2D eigenvalue weighted by molar-refractivity contribution is 7.88. The van der Waals surface area contributed by atoms with E-state index in [2.05, 4.69) is 4.72 Å². The Balaban J connectivity index is 2.83. The lowest BCUT2D eigenvalue weighted by Gasteiger charge is -2.12. The first-order valence-corrected chi connectivity index (χ1v) is 6.34. The predicted molar refractivity (Wildman–Crippen MR) is 58.2 cm³/mol. The van der Waals surface area contributed by atoms with Gasteiger partial charge in [0, 0.05) is 11.6 Å². The van der Waals surface area contributed by atoms with E-state index >= 15 is 0 Å². The molecule has 0 aliphatic rings. The molecule has 82 valence electrons. The van der Waals surface area contributed by atoms with Crippen LogP contribution in [-0.4, -0.2) is 21.0 Å². The van der Waals surface area contributed by atoms with Gasteiger partial charge in [0.15, 0.2) is 0 Å². The largest absolute Gasteiger partial charge is 0.298 e. The summed E-state index contributed by atoms with van der Waals surface area (Å²) in [6, 6.07) is 6.48. The van der Waals surface area contributed by atoms with Crippen molar-refractivity contribution in [1.29, 1.82) is 0 Å². The van der Waals surface area contributed by atoms with Crippen molar-refractivity contribution in [2.75, 3.05) is 6.26 Å². The van der Waals surface area contributed by atoms with Crippen LogP contribution >= 0.6 is 0 Å². The normalized spacial score (nSPS) is 13.5. The second-order valence-electron chi connectivity index (χ2n) is 3.40. The molecule has 0 unspecified atom stereocenters. The summed E-state index contributed by atoms with van der Waals surface area (Å²) in [5.41, 5.74) is 1.40. The third-order valence-electron chi connectivity index (χ3n) is 1.96. The molecule has 15 heavy (non-hydrogen) atoms. The highest BCUT2D eigenvalue weighted by Gasteiger charge is 2.10.